The van der Waals surface area contributed by atoms with Gasteiger partial charge < -0.3 is 20.0 Å². The molecule has 2 rings (SSSR count). The lowest BCUT2D eigenvalue weighted by Crippen LogP contribution is -2.35. The van der Waals surface area contributed by atoms with E-state index in [9.17, 15) is 22.8 Å². The Balaban J connectivity index is 3.03. The highest BCUT2D eigenvalue weighted by Gasteiger charge is 2.46. The number of esters is 2. The molecule has 2 N–H and O–H groups in total. The summed E-state index contributed by atoms with van der Waals surface area (Å²) in [7, 11) is 0.941. The standard InChI is InChI=1S/C20H19ClF4N2O5/c1-8(2)32-19(29)13-9(3)27-12(7-26-30)15(18(28)31-4)16(13)14-11(22)6-5-10(21)17(14)20(23,24)25/h5-8,16,27,30H,1-4H3. The maximum atomic E-state index is 15.0. The maximum absolute atomic E-state index is 15.0. The Bertz CT molecular complexity index is 1030. The van der Waals surface area contributed by atoms with E-state index >= 15 is 4.39 Å². The molecule has 0 radical (unpaired) electrons. The quantitative estimate of drug-likeness (QED) is 0.215. The molecule has 0 aromatic heterocycles. The molecule has 0 aliphatic carbocycles. The van der Waals surface area contributed by atoms with Crippen LogP contribution in [0.3, 0.4) is 0 Å². The van der Waals surface area contributed by atoms with Gasteiger partial charge in [0.2, 0.25) is 0 Å². The molecule has 0 fully saturated rings. The number of carbonyl (C=O) groups is 2. The van der Waals surface area contributed by atoms with Gasteiger partial charge in [-0.2, -0.15) is 13.2 Å². The number of allylic oxidation sites excluding steroid dienone is 2. The number of halogens is 5. The van der Waals surface area contributed by atoms with Gasteiger partial charge >= 0.3 is 18.1 Å². The molecule has 7 nitrogen and oxygen atoms in total. The van der Waals surface area contributed by atoms with Crippen molar-refractivity contribution in [1.82, 2.24) is 5.32 Å². The number of dihydropyridines is 1. The number of hydrogen-bond donors (Lipinski definition) is 2. The number of alkyl halides is 3. The van der Waals surface area contributed by atoms with Crippen molar-refractivity contribution in [3.63, 3.8) is 0 Å². The minimum absolute atomic E-state index is 0.0595. The molecule has 1 aliphatic rings. The SMILES string of the molecule is COC(=O)C1=C(C=NO)NC(C)=C(C(=O)OC(C)C)C1c1c(F)ccc(Cl)c1C(F)(F)F. The molecule has 0 bridgehead atoms. The smallest absolute Gasteiger partial charge is 0.418 e. The second kappa shape index (κ2) is 9.60. The minimum atomic E-state index is -5.15. The number of benzene rings is 1. The molecule has 1 aliphatic heterocycles. The predicted octanol–water partition coefficient (Wildman–Crippen LogP) is 4.30. The summed E-state index contributed by atoms with van der Waals surface area (Å²) in [5, 5.41) is 13.5. The second-order valence-corrected chi connectivity index (χ2v) is 7.34. The van der Waals surface area contributed by atoms with E-state index in [1.165, 1.54) is 20.8 Å². The van der Waals surface area contributed by atoms with E-state index in [4.69, 9.17) is 21.5 Å². The highest BCUT2D eigenvalue weighted by Crippen LogP contribution is 2.47. The summed E-state index contributed by atoms with van der Waals surface area (Å²) in [5.74, 6) is -5.62. The van der Waals surface area contributed by atoms with Crippen molar-refractivity contribution in [2.75, 3.05) is 7.11 Å². The van der Waals surface area contributed by atoms with E-state index < -0.39 is 63.2 Å². The normalized spacial score (nSPS) is 17.1. The third-order valence-corrected chi connectivity index (χ3v) is 4.78. The van der Waals surface area contributed by atoms with Crippen molar-refractivity contribution in [3.05, 3.63) is 56.6 Å². The van der Waals surface area contributed by atoms with E-state index in [0.717, 1.165) is 7.11 Å². The number of nitrogens with one attached hydrogen (secondary N) is 1. The van der Waals surface area contributed by atoms with Gasteiger partial charge in [0, 0.05) is 11.3 Å². The fourth-order valence-electron chi connectivity index (χ4n) is 3.33. The minimum Gasteiger partial charge on any atom is -0.466 e. The highest BCUT2D eigenvalue weighted by molar-refractivity contribution is 6.31. The molecule has 0 spiro atoms. The number of oxime groups is 1. The van der Waals surface area contributed by atoms with Crippen LogP contribution < -0.4 is 5.32 Å². The summed E-state index contributed by atoms with van der Waals surface area (Å²) in [6, 6.07) is 1.40. The summed E-state index contributed by atoms with van der Waals surface area (Å²) in [4.78, 5) is 25.5. The first kappa shape index (κ1) is 25.2. The first-order valence-corrected chi connectivity index (χ1v) is 9.46. The van der Waals surface area contributed by atoms with E-state index in [1.807, 2.05) is 0 Å². The lowest BCUT2D eigenvalue weighted by molar-refractivity contribution is -0.144. The molecule has 1 heterocycles. The second-order valence-electron chi connectivity index (χ2n) is 6.93. The molecule has 1 aromatic rings. The molecule has 1 aromatic carbocycles. The maximum Gasteiger partial charge on any atom is 0.418 e. The Morgan fingerprint density at radius 2 is 1.88 bits per heavy atom. The number of methoxy groups -OCH3 is 1. The number of carbonyl (C=O) groups excluding carboxylic acids is 2. The molecule has 1 unspecified atom stereocenters. The highest BCUT2D eigenvalue weighted by atomic mass is 35.5. The van der Waals surface area contributed by atoms with Crippen LogP contribution in [0, 0.1) is 5.82 Å². The van der Waals surface area contributed by atoms with Gasteiger partial charge in [-0.15, -0.1) is 0 Å². The Hall–Kier alpha value is -3.08. The average molecular weight is 479 g/mol. The zero-order valence-corrected chi connectivity index (χ0v) is 18.1. The van der Waals surface area contributed by atoms with Crippen LogP contribution in [-0.2, 0) is 25.2 Å². The van der Waals surface area contributed by atoms with Crippen molar-refractivity contribution in [1.29, 1.82) is 0 Å². The summed E-state index contributed by atoms with van der Waals surface area (Å²) >= 11 is 5.78. The van der Waals surface area contributed by atoms with E-state index in [1.54, 1.807) is 0 Å². The van der Waals surface area contributed by atoms with Crippen molar-refractivity contribution < 1.29 is 41.8 Å². The van der Waals surface area contributed by atoms with Gasteiger partial charge in [-0.3, -0.25) is 0 Å². The Kier molecular flexibility index (Phi) is 7.55. The van der Waals surface area contributed by atoms with Crippen molar-refractivity contribution >= 4 is 29.8 Å². The van der Waals surface area contributed by atoms with E-state index in [-0.39, 0.29) is 11.4 Å². The van der Waals surface area contributed by atoms with Crippen LogP contribution in [0.1, 0.15) is 37.8 Å². The lowest BCUT2D eigenvalue weighted by Gasteiger charge is -2.32. The molecule has 174 valence electrons. The lowest BCUT2D eigenvalue weighted by atomic mass is 9.78. The van der Waals surface area contributed by atoms with Crippen LogP contribution in [0.15, 0.2) is 39.8 Å². The van der Waals surface area contributed by atoms with Crippen LogP contribution >= 0.6 is 11.6 Å². The van der Waals surface area contributed by atoms with Crippen LogP contribution in [0.4, 0.5) is 17.6 Å². The van der Waals surface area contributed by atoms with Gasteiger partial charge in [0.05, 0.1) is 52.8 Å². The van der Waals surface area contributed by atoms with Gasteiger partial charge in [-0.25, -0.2) is 14.0 Å². The fourth-order valence-corrected chi connectivity index (χ4v) is 3.60. The first-order chi connectivity index (χ1) is 14.8. The molecular weight excluding hydrogens is 460 g/mol. The van der Waals surface area contributed by atoms with Gasteiger partial charge in [-0.05, 0) is 32.9 Å². The molecule has 1 atom stereocenters. The van der Waals surface area contributed by atoms with Gasteiger partial charge in [0.15, 0.2) is 0 Å². The van der Waals surface area contributed by atoms with Crippen LogP contribution in [0.5, 0.6) is 0 Å². The summed E-state index contributed by atoms with van der Waals surface area (Å²) < 4.78 is 66.6. The largest absolute Gasteiger partial charge is 0.466 e. The molecule has 32 heavy (non-hydrogen) atoms. The van der Waals surface area contributed by atoms with Crippen molar-refractivity contribution in [2.24, 2.45) is 5.16 Å². The van der Waals surface area contributed by atoms with Gasteiger partial charge in [-0.1, -0.05) is 16.8 Å². The third-order valence-electron chi connectivity index (χ3n) is 4.46. The molecular formula is C20H19ClF4N2O5. The molecule has 12 heteroatoms. The van der Waals surface area contributed by atoms with Crippen LogP contribution in [-0.4, -0.2) is 36.6 Å². The summed E-state index contributed by atoms with van der Waals surface area (Å²) in [6.45, 7) is 4.31. The zero-order valence-electron chi connectivity index (χ0n) is 17.3. The third kappa shape index (κ3) is 4.87. The number of nitrogens with zero attached hydrogens (tertiary/aromatic N) is 1. The Morgan fingerprint density at radius 3 is 2.38 bits per heavy atom. The van der Waals surface area contributed by atoms with E-state index in [2.05, 4.69) is 15.2 Å². The number of hydrogen-bond acceptors (Lipinski definition) is 7. The van der Waals surface area contributed by atoms with Gasteiger partial charge in [0.1, 0.15) is 5.82 Å². The molecule has 0 amide bonds. The summed E-state index contributed by atoms with van der Waals surface area (Å²) in [5.41, 5.74) is -4.11. The van der Waals surface area contributed by atoms with Crippen LogP contribution in [0.2, 0.25) is 5.02 Å². The fraction of sp³-hybridized carbons (Fsp3) is 0.350. The van der Waals surface area contributed by atoms with Crippen LogP contribution in [0.25, 0.3) is 0 Å². The molecule has 0 saturated carbocycles. The number of rotatable bonds is 5. The molecule has 0 saturated heterocycles. The van der Waals surface area contributed by atoms with Crippen molar-refractivity contribution in [3.8, 4) is 0 Å². The predicted molar refractivity (Wildman–Crippen MR) is 106 cm³/mol. The topological polar surface area (TPSA) is 97.2 Å². The average Bonchev–Trinajstić information content (AvgIpc) is 2.67. The number of ether oxygens (including phenoxy) is 2. The van der Waals surface area contributed by atoms with Crippen molar-refractivity contribution in [2.45, 2.75) is 39.0 Å². The van der Waals surface area contributed by atoms with E-state index in [0.29, 0.717) is 18.3 Å². The summed E-state index contributed by atoms with van der Waals surface area (Å²) in [6.07, 6.45) is -5.11. The van der Waals surface area contributed by atoms with Gasteiger partial charge in [0.25, 0.3) is 0 Å². The Labute approximate surface area is 185 Å². The monoisotopic (exact) mass is 478 g/mol. The first-order valence-electron chi connectivity index (χ1n) is 9.08. The zero-order chi connectivity index (χ0) is 24.4. The Morgan fingerprint density at radius 1 is 1.25 bits per heavy atom.